The fraction of sp³-hybridized carbons (Fsp3) is 0.538. The second-order valence-electron chi connectivity index (χ2n) is 5.43. The number of nitrogens with zero attached hydrogens (tertiary/aromatic N) is 5. The first-order valence-electron chi connectivity index (χ1n) is 6.55. The lowest BCUT2D eigenvalue weighted by Crippen LogP contribution is -2.25. The van der Waals surface area contributed by atoms with E-state index in [-0.39, 0.29) is 11.3 Å². The van der Waals surface area contributed by atoms with Gasteiger partial charge in [0.25, 0.3) is 0 Å². The predicted molar refractivity (Wildman–Crippen MR) is 74.9 cm³/mol. The third-order valence-corrected chi connectivity index (χ3v) is 3.39. The van der Waals surface area contributed by atoms with Gasteiger partial charge in [0.15, 0.2) is 5.69 Å². The van der Waals surface area contributed by atoms with E-state index in [1.165, 1.54) is 0 Å². The molecule has 2 aromatic heterocycles. The summed E-state index contributed by atoms with van der Waals surface area (Å²) >= 11 is 0. The number of rotatable bonds is 6. The summed E-state index contributed by atoms with van der Waals surface area (Å²) in [4.78, 5) is 11.3. The number of hydrogen-bond acceptors (Lipinski definition) is 5. The smallest absolute Gasteiger partial charge is 0.358 e. The molecule has 8 heteroatoms. The van der Waals surface area contributed by atoms with E-state index in [0.29, 0.717) is 24.2 Å². The Hall–Kier alpha value is -2.22. The quantitative estimate of drug-likeness (QED) is 0.859. The summed E-state index contributed by atoms with van der Waals surface area (Å²) < 4.78 is 8.56. The van der Waals surface area contributed by atoms with Crippen molar-refractivity contribution in [2.75, 3.05) is 7.11 Å². The maximum absolute atomic E-state index is 11.3. The van der Waals surface area contributed by atoms with Gasteiger partial charge >= 0.3 is 5.97 Å². The lowest BCUT2D eigenvalue weighted by molar-refractivity contribution is 0.0113. The molecule has 0 saturated heterocycles. The highest BCUT2D eigenvalue weighted by Crippen LogP contribution is 2.23. The Morgan fingerprint density at radius 2 is 2.19 bits per heavy atom. The molecular formula is C13H19N5O3. The molecule has 0 amide bonds. The molecule has 2 aromatic rings. The average Bonchev–Trinajstić information content (AvgIpc) is 3.02. The summed E-state index contributed by atoms with van der Waals surface area (Å²) in [5, 5.41) is 21.0. The van der Waals surface area contributed by atoms with Gasteiger partial charge in [0.05, 0.1) is 11.8 Å². The van der Waals surface area contributed by atoms with Crippen LogP contribution < -0.4 is 0 Å². The van der Waals surface area contributed by atoms with E-state index in [4.69, 9.17) is 4.74 Å². The van der Waals surface area contributed by atoms with Crippen molar-refractivity contribution in [3.05, 3.63) is 18.1 Å². The number of carboxylic acid groups (broad SMARTS) is 1. The van der Waals surface area contributed by atoms with Crippen LogP contribution in [0.5, 0.6) is 0 Å². The second-order valence-corrected chi connectivity index (χ2v) is 5.43. The van der Waals surface area contributed by atoms with Crippen LogP contribution in [0, 0.1) is 0 Å². The van der Waals surface area contributed by atoms with E-state index in [9.17, 15) is 9.90 Å². The lowest BCUT2D eigenvalue weighted by Gasteiger charge is -2.22. The molecule has 0 unspecified atom stereocenters. The number of carboxylic acids is 1. The van der Waals surface area contributed by atoms with Gasteiger partial charge < -0.3 is 9.84 Å². The minimum atomic E-state index is -1.11. The Kier molecular flexibility index (Phi) is 4.08. The largest absolute Gasteiger partial charge is 0.476 e. The SMILES string of the molecule is COC(C)(C)CCn1nnc(C(=O)O)c1-c1cnn(C)c1. The van der Waals surface area contributed by atoms with Crippen molar-refractivity contribution in [3.63, 3.8) is 0 Å². The molecule has 0 aliphatic rings. The monoisotopic (exact) mass is 293 g/mol. The zero-order chi connectivity index (χ0) is 15.6. The minimum Gasteiger partial charge on any atom is -0.476 e. The number of hydrogen-bond donors (Lipinski definition) is 1. The fourth-order valence-electron chi connectivity index (χ4n) is 1.92. The van der Waals surface area contributed by atoms with Crippen LogP contribution in [0.3, 0.4) is 0 Å². The number of aryl methyl sites for hydroxylation is 2. The highest BCUT2D eigenvalue weighted by atomic mass is 16.5. The third-order valence-electron chi connectivity index (χ3n) is 3.39. The Bertz CT molecular complexity index is 644. The van der Waals surface area contributed by atoms with Crippen molar-refractivity contribution in [1.29, 1.82) is 0 Å². The van der Waals surface area contributed by atoms with Crippen LogP contribution in [-0.2, 0) is 18.3 Å². The van der Waals surface area contributed by atoms with Crippen LogP contribution >= 0.6 is 0 Å². The highest BCUT2D eigenvalue weighted by molar-refractivity contribution is 5.92. The third kappa shape index (κ3) is 3.27. The summed E-state index contributed by atoms with van der Waals surface area (Å²) in [5.41, 5.74) is 0.748. The maximum atomic E-state index is 11.3. The molecule has 0 aromatic carbocycles. The Morgan fingerprint density at radius 1 is 1.48 bits per heavy atom. The van der Waals surface area contributed by atoms with Gasteiger partial charge in [0.1, 0.15) is 5.69 Å². The molecule has 114 valence electrons. The number of carbonyl (C=O) groups is 1. The first-order chi connectivity index (χ1) is 9.84. The molecule has 8 nitrogen and oxygen atoms in total. The average molecular weight is 293 g/mol. The van der Waals surface area contributed by atoms with Crippen LogP contribution in [0.15, 0.2) is 12.4 Å². The normalized spacial score (nSPS) is 11.8. The summed E-state index contributed by atoms with van der Waals surface area (Å²) in [5.74, 6) is -1.11. The van der Waals surface area contributed by atoms with Gasteiger partial charge in [-0.15, -0.1) is 5.10 Å². The fourth-order valence-corrected chi connectivity index (χ4v) is 1.92. The van der Waals surface area contributed by atoms with Gasteiger partial charge in [0.2, 0.25) is 0 Å². The molecule has 0 spiro atoms. The van der Waals surface area contributed by atoms with E-state index < -0.39 is 5.97 Å². The highest BCUT2D eigenvalue weighted by Gasteiger charge is 2.23. The molecule has 0 aliphatic heterocycles. The van der Waals surface area contributed by atoms with Crippen molar-refractivity contribution in [2.45, 2.75) is 32.4 Å². The van der Waals surface area contributed by atoms with Crippen LogP contribution in [0.1, 0.15) is 30.8 Å². The molecule has 2 rings (SSSR count). The molecule has 0 radical (unpaired) electrons. The van der Waals surface area contributed by atoms with E-state index >= 15 is 0 Å². The van der Waals surface area contributed by atoms with Gasteiger partial charge in [-0.2, -0.15) is 5.10 Å². The van der Waals surface area contributed by atoms with Crippen molar-refractivity contribution in [3.8, 4) is 11.3 Å². The minimum absolute atomic E-state index is 0.0711. The van der Waals surface area contributed by atoms with E-state index in [0.717, 1.165) is 0 Å². The summed E-state index contributed by atoms with van der Waals surface area (Å²) in [6.45, 7) is 4.43. The Balaban J connectivity index is 2.36. The van der Waals surface area contributed by atoms with Crippen molar-refractivity contribution < 1.29 is 14.6 Å². The summed E-state index contributed by atoms with van der Waals surface area (Å²) in [7, 11) is 3.41. The van der Waals surface area contributed by atoms with Gasteiger partial charge in [-0.05, 0) is 20.3 Å². The molecule has 21 heavy (non-hydrogen) atoms. The first kappa shape index (κ1) is 15.2. The molecule has 2 heterocycles. The second kappa shape index (κ2) is 5.65. The van der Waals surface area contributed by atoms with Crippen LogP contribution in [0.4, 0.5) is 0 Å². The molecule has 0 atom stereocenters. The van der Waals surface area contributed by atoms with Crippen molar-refractivity contribution in [1.82, 2.24) is 24.8 Å². The molecule has 0 fully saturated rings. The molecular weight excluding hydrogens is 274 g/mol. The van der Waals surface area contributed by atoms with E-state index in [1.807, 2.05) is 13.8 Å². The first-order valence-corrected chi connectivity index (χ1v) is 6.55. The number of aromatic carboxylic acids is 1. The Labute approximate surface area is 122 Å². The van der Waals surface area contributed by atoms with Crippen molar-refractivity contribution >= 4 is 5.97 Å². The van der Waals surface area contributed by atoms with Crippen molar-refractivity contribution in [2.24, 2.45) is 7.05 Å². The topological polar surface area (TPSA) is 95.1 Å². The van der Waals surface area contributed by atoms with Crippen LogP contribution in [0.25, 0.3) is 11.3 Å². The zero-order valence-electron chi connectivity index (χ0n) is 12.6. The standard InChI is InChI=1S/C13H19N5O3/c1-13(2,21-4)5-6-18-11(9-7-14-17(3)8-9)10(12(19)20)15-16-18/h7-8H,5-6H2,1-4H3,(H,19,20). The van der Waals surface area contributed by atoms with E-state index in [2.05, 4.69) is 15.4 Å². The summed E-state index contributed by atoms with van der Waals surface area (Å²) in [6, 6.07) is 0. The van der Waals surface area contributed by atoms with Gasteiger partial charge in [-0.1, -0.05) is 5.21 Å². The van der Waals surface area contributed by atoms with Gasteiger partial charge in [0, 0.05) is 32.5 Å². The molecule has 0 aliphatic carbocycles. The summed E-state index contributed by atoms with van der Waals surface area (Å²) in [6.07, 6.45) is 4.02. The number of aromatic nitrogens is 5. The van der Waals surface area contributed by atoms with E-state index in [1.54, 1.807) is 35.9 Å². The zero-order valence-corrected chi connectivity index (χ0v) is 12.6. The number of ether oxygens (including phenoxy) is 1. The lowest BCUT2D eigenvalue weighted by atomic mass is 10.1. The van der Waals surface area contributed by atoms with Gasteiger partial charge in [-0.3, -0.25) is 4.68 Å². The van der Waals surface area contributed by atoms with Gasteiger partial charge in [-0.25, -0.2) is 9.48 Å². The maximum Gasteiger partial charge on any atom is 0.358 e. The number of methoxy groups -OCH3 is 1. The predicted octanol–water partition coefficient (Wildman–Crippen LogP) is 1.19. The van der Waals surface area contributed by atoms with Crippen LogP contribution in [-0.4, -0.2) is 48.6 Å². The molecule has 1 N–H and O–H groups in total. The molecule has 0 saturated carbocycles. The van der Waals surface area contributed by atoms with Crippen LogP contribution in [0.2, 0.25) is 0 Å². The molecule has 0 bridgehead atoms. The Morgan fingerprint density at radius 3 is 2.71 bits per heavy atom.